The average Bonchev–Trinajstić information content (AvgIpc) is 3.42. The van der Waals surface area contributed by atoms with Gasteiger partial charge in [-0.25, -0.2) is 4.98 Å². The van der Waals surface area contributed by atoms with Gasteiger partial charge in [-0.1, -0.05) is 30.3 Å². The lowest BCUT2D eigenvalue weighted by Gasteiger charge is -2.07. The van der Waals surface area contributed by atoms with Gasteiger partial charge >= 0.3 is 0 Å². The number of rotatable bonds is 7. The number of hydrogen-bond acceptors (Lipinski definition) is 5. The van der Waals surface area contributed by atoms with Crippen molar-refractivity contribution < 1.29 is 9.59 Å². The number of nitrogens with zero attached hydrogens (tertiary/aromatic N) is 1. The minimum atomic E-state index is -0.111. The van der Waals surface area contributed by atoms with Crippen LogP contribution in [0.5, 0.6) is 0 Å². The van der Waals surface area contributed by atoms with Crippen LogP contribution in [-0.4, -0.2) is 23.3 Å². The SMILES string of the molecule is O=C(NCCc1nc2ccccc2s1)c1ccc(CNC(=O)c2cccs2)cc1. The molecule has 2 amide bonds. The Morgan fingerprint density at radius 3 is 2.48 bits per heavy atom. The smallest absolute Gasteiger partial charge is 0.261 e. The number of benzene rings is 2. The van der Waals surface area contributed by atoms with Gasteiger partial charge in [-0.05, 0) is 41.3 Å². The number of amides is 2. The molecule has 2 aromatic heterocycles. The number of fused-ring (bicyclic) bond motifs is 1. The molecule has 7 heteroatoms. The van der Waals surface area contributed by atoms with Crippen LogP contribution in [0.2, 0.25) is 0 Å². The lowest BCUT2D eigenvalue weighted by Crippen LogP contribution is -2.25. The van der Waals surface area contributed by atoms with E-state index in [1.165, 1.54) is 11.3 Å². The molecule has 4 aromatic rings. The Bertz CT molecular complexity index is 1090. The summed E-state index contributed by atoms with van der Waals surface area (Å²) in [6.45, 7) is 0.966. The topological polar surface area (TPSA) is 71.1 Å². The Morgan fingerprint density at radius 2 is 1.72 bits per heavy atom. The third kappa shape index (κ3) is 4.88. The standard InChI is InChI=1S/C22H19N3O2S2/c26-21(23-12-11-20-25-17-4-1-2-5-18(17)29-20)16-9-7-15(8-10-16)14-24-22(27)19-6-3-13-28-19/h1-10,13H,11-12,14H2,(H,23,26)(H,24,27). The molecule has 0 atom stereocenters. The highest BCUT2D eigenvalue weighted by atomic mass is 32.1. The van der Waals surface area contributed by atoms with Crippen LogP contribution in [0.4, 0.5) is 0 Å². The maximum atomic E-state index is 12.3. The molecule has 0 unspecified atom stereocenters. The molecule has 0 aliphatic rings. The summed E-state index contributed by atoms with van der Waals surface area (Å²) < 4.78 is 1.16. The van der Waals surface area contributed by atoms with E-state index in [4.69, 9.17) is 0 Å². The van der Waals surface area contributed by atoms with Crippen molar-refractivity contribution in [3.8, 4) is 0 Å². The van der Waals surface area contributed by atoms with Crippen LogP contribution in [0.25, 0.3) is 10.2 Å². The summed E-state index contributed by atoms with van der Waals surface area (Å²) in [5, 5.41) is 8.71. The van der Waals surface area contributed by atoms with Crippen molar-refractivity contribution >= 4 is 44.7 Å². The quantitative estimate of drug-likeness (QED) is 0.468. The van der Waals surface area contributed by atoms with E-state index >= 15 is 0 Å². The molecule has 5 nitrogen and oxygen atoms in total. The number of thiophene rings is 1. The van der Waals surface area contributed by atoms with E-state index in [1.54, 1.807) is 29.5 Å². The number of nitrogens with one attached hydrogen (secondary N) is 2. The Labute approximate surface area is 176 Å². The van der Waals surface area contributed by atoms with E-state index in [1.807, 2.05) is 41.8 Å². The van der Waals surface area contributed by atoms with Crippen molar-refractivity contribution in [3.63, 3.8) is 0 Å². The van der Waals surface area contributed by atoms with Crippen LogP contribution in [0.3, 0.4) is 0 Å². The first-order chi connectivity index (χ1) is 14.2. The van der Waals surface area contributed by atoms with Gasteiger partial charge in [0.05, 0.1) is 20.1 Å². The van der Waals surface area contributed by atoms with Gasteiger partial charge in [-0.15, -0.1) is 22.7 Å². The van der Waals surface area contributed by atoms with Crippen molar-refractivity contribution in [1.29, 1.82) is 0 Å². The van der Waals surface area contributed by atoms with E-state index in [-0.39, 0.29) is 11.8 Å². The zero-order chi connectivity index (χ0) is 20.1. The predicted molar refractivity (Wildman–Crippen MR) is 118 cm³/mol. The molecule has 0 aliphatic carbocycles. The second-order valence-corrected chi connectivity index (χ2v) is 8.50. The molecular formula is C22H19N3O2S2. The molecule has 0 radical (unpaired) electrons. The maximum absolute atomic E-state index is 12.3. The minimum absolute atomic E-state index is 0.0864. The second kappa shape index (κ2) is 8.98. The van der Waals surface area contributed by atoms with Gasteiger partial charge in [-0.3, -0.25) is 9.59 Å². The fraction of sp³-hybridized carbons (Fsp3) is 0.136. The van der Waals surface area contributed by atoms with Crippen LogP contribution in [0.15, 0.2) is 66.0 Å². The molecule has 2 aromatic carbocycles. The summed E-state index contributed by atoms with van der Waals surface area (Å²) in [5.41, 5.74) is 2.55. The lowest BCUT2D eigenvalue weighted by atomic mass is 10.1. The van der Waals surface area contributed by atoms with Gasteiger partial charge < -0.3 is 10.6 Å². The first kappa shape index (κ1) is 19.3. The summed E-state index contributed by atoms with van der Waals surface area (Å²) in [5.74, 6) is -0.197. The lowest BCUT2D eigenvalue weighted by molar-refractivity contribution is 0.0945. The number of aromatic nitrogens is 1. The fourth-order valence-corrected chi connectivity index (χ4v) is 4.47. The summed E-state index contributed by atoms with van der Waals surface area (Å²) in [6.07, 6.45) is 0.706. The highest BCUT2D eigenvalue weighted by molar-refractivity contribution is 7.18. The molecule has 0 saturated heterocycles. The molecule has 0 bridgehead atoms. The number of carbonyl (C=O) groups is 2. The van der Waals surface area contributed by atoms with Crippen molar-refractivity contribution in [2.24, 2.45) is 0 Å². The highest BCUT2D eigenvalue weighted by Gasteiger charge is 2.08. The van der Waals surface area contributed by atoms with Crippen LogP contribution >= 0.6 is 22.7 Å². The summed E-state index contributed by atoms with van der Waals surface area (Å²) >= 11 is 3.07. The van der Waals surface area contributed by atoms with Gasteiger partial charge in [0.2, 0.25) is 0 Å². The zero-order valence-electron chi connectivity index (χ0n) is 15.6. The minimum Gasteiger partial charge on any atom is -0.352 e. The molecule has 29 heavy (non-hydrogen) atoms. The average molecular weight is 422 g/mol. The molecule has 2 N–H and O–H groups in total. The Balaban J connectivity index is 1.26. The molecule has 4 rings (SSSR count). The molecule has 2 heterocycles. The van der Waals surface area contributed by atoms with E-state index < -0.39 is 0 Å². The zero-order valence-corrected chi connectivity index (χ0v) is 17.2. The Hall–Kier alpha value is -3.03. The van der Waals surface area contributed by atoms with Crippen LogP contribution in [0, 0.1) is 0 Å². The summed E-state index contributed by atoms with van der Waals surface area (Å²) in [7, 11) is 0. The van der Waals surface area contributed by atoms with Crippen LogP contribution in [-0.2, 0) is 13.0 Å². The normalized spacial score (nSPS) is 10.8. The van der Waals surface area contributed by atoms with Crippen molar-refractivity contribution in [2.75, 3.05) is 6.54 Å². The predicted octanol–water partition coefficient (Wildman–Crippen LogP) is 4.26. The largest absolute Gasteiger partial charge is 0.352 e. The van der Waals surface area contributed by atoms with Crippen LogP contribution in [0.1, 0.15) is 30.6 Å². The highest BCUT2D eigenvalue weighted by Crippen LogP contribution is 2.21. The molecule has 0 saturated carbocycles. The van der Waals surface area contributed by atoms with Gasteiger partial charge in [0, 0.05) is 25.1 Å². The number of carbonyl (C=O) groups excluding carboxylic acids is 2. The van der Waals surface area contributed by atoms with Crippen molar-refractivity contribution in [1.82, 2.24) is 15.6 Å². The first-order valence-corrected chi connectivity index (χ1v) is 10.9. The van der Waals surface area contributed by atoms with E-state index in [9.17, 15) is 9.59 Å². The molecular weight excluding hydrogens is 402 g/mol. The van der Waals surface area contributed by atoms with E-state index in [2.05, 4.69) is 21.7 Å². The molecule has 146 valence electrons. The number of para-hydroxylation sites is 1. The van der Waals surface area contributed by atoms with Gasteiger partial charge in [-0.2, -0.15) is 0 Å². The van der Waals surface area contributed by atoms with Crippen molar-refractivity contribution in [3.05, 3.63) is 87.1 Å². The number of hydrogen-bond donors (Lipinski definition) is 2. The third-order valence-electron chi connectivity index (χ3n) is 4.38. The van der Waals surface area contributed by atoms with Gasteiger partial charge in [0.25, 0.3) is 11.8 Å². The van der Waals surface area contributed by atoms with Crippen molar-refractivity contribution in [2.45, 2.75) is 13.0 Å². The van der Waals surface area contributed by atoms with E-state index in [0.717, 1.165) is 20.8 Å². The third-order valence-corrected chi connectivity index (χ3v) is 6.34. The van der Waals surface area contributed by atoms with E-state index in [0.29, 0.717) is 30.0 Å². The maximum Gasteiger partial charge on any atom is 0.261 e. The Morgan fingerprint density at radius 1 is 0.897 bits per heavy atom. The fourth-order valence-electron chi connectivity index (χ4n) is 2.86. The molecule has 0 fully saturated rings. The van der Waals surface area contributed by atoms with Gasteiger partial charge in [0.1, 0.15) is 0 Å². The molecule has 0 spiro atoms. The summed E-state index contributed by atoms with van der Waals surface area (Å²) in [6, 6.07) is 18.9. The first-order valence-electron chi connectivity index (χ1n) is 9.22. The Kier molecular flexibility index (Phi) is 5.97. The van der Waals surface area contributed by atoms with Crippen LogP contribution < -0.4 is 10.6 Å². The molecule has 0 aliphatic heterocycles. The monoisotopic (exact) mass is 421 g/mol. The second-order valence-electron chi connectivity index (χ2n) is 6.44. The van der Waals surface area contributed by atoms with Gasteiger partial charge in [0.15, 0.2) is 0 Å². The summed E-state index contributed by atoms with van der Waals surface area (Å²) in [4.78, 5) is 29.6. The number of thiazole rings is 1.